The topological polar surface area (TPSA) is 343 Å². The van der Waals surface area contributed by atoms with E-state index in [0.29, 0.717) is 28.5 Å². The molecule has 73 heavy (non-hydrogen) atoms. The van der Waals surface area contributed by atoms with Gasteiger partial charge >= 0.3 is 35.8 Å². The van der Waals surface area contributed by atoms with Crippen LogP contribution in [0.5, 0.6) is 0 Å². The Hall–Kier alpha value is -4.29. The Morgan fingerprint density at radius 3 is 1.11 bits per heavy atom. The van der Waals surface area contributed by atoms with Crippen LogP contribution in [0.4, 0.5) is 0 Å². The second kappa shape index (κ2) is 38.3. The number of hydrogen-bond donors (Lipinski definition) is 4. The summed E-state index contributed by atoms with van der Waals surface area (Å²) >= 11 is 9.47. The zero-order valence-electron chi connectivity index (χ0n) is 41.1. The van der Waals surface area contributed by atoms with Crippen molar-refractivity contribution in [3.63, 3.8) is 0 Å². The number of hydrogen-bond acceptors (Lipinski definition) is 25. The average Bonchev–Trinajstić information content (AvgIpc) is 3.84. The predicted octanol–water partition coefficient (Wildman–Crippen LogP) is 1.52. The molecule has 0 aromatic heterocycles. The molecule has 2 aliphatic heterocycles. The Labute approximate surface area is 445 Å². The molecule has 2 saturated carbocycles. The highest BCUT2D eigenvalue weighted by Gasteiger charge is 2.35. The molecule has 4 fully saturated rings. The van der Waals surface area contributed by atoms with Crippen molar-refractivity contribution in [2.75, 3.05) is 75.3 Å². The van der Waals surface area contributed by atoms with Crippen molar-refractivity contribution in [1.82, 2.24) is 20.8 Å². The molecule has 4 unspecified atom stereocenters. The molecule has 4 rings (SSSR count). The van der Waals surface area contributed by atoms with Gasteiger partial charge in [0, 0.05) is 109 Å². The fourth-order valence-electron chi connectivity index (χ4n) is 6.09. The van der Waals surface area contributed by atoms with E-state index in [2.05, 4.69) is 36.0 Å². The molecule has 24 nitrogen and oxygen atoms in total. The first-order valence-corrected chi connectivity index (χ1v) is 29.4. The van der Waals surface area contributed by atoms with Gasteiger partial charge in [-0.2, -0.15) is 58.8 Å². The number of ether oxygens (including phenoxy) is 4. The Balaban J connectivity index is 0.000000409. The van der Waals surface area contributed by atoms with Gasteiger partial charge in [-0.3, -0.25) is 47.9 Å². The van der Waals surface area contributed by atoms with E-state index < -0.39 is 98.7 Å². The molecule has 6 amide bonds. The van der Waals surface area contributed by atoms with Crippen molar-refractivity contribution < 1.29 is 86.2 Å². The number of thioether (sulfide) groups is 5. The van der Waals surface area contributed by atoms with Crippen LogP contribution in [0.25, 0.3) is 0 Å². The highest BCUT2D eigenvalue weighted by Crippen LogP contribution is 2.40. The maximum Gasteiger partial charge on any atom is 0.333 e. The summed E-state index contributed by atoms with van der Waals surface area (Å²) in [6.07, 6.45) is 7.11. The van der Waals surface area contributed by atoms with Crippen LogP contribution in [-0.2, 0) is 86.2 Å². The van der Waals surface area contributed by atoms with E-state index in [9.17, 15) is 57.5 Å². The maximum absolute atomic E-state index is 11.8. The van der Waals surface area contributed by atoms with E-state index in [0.717, 1.165) is 51.9 Å². The Bertz CT molecular complexity index is 1760. The van der Waals surface area contributed by atoms with Crippen molar-refractivity contribution in [2.45, 2.75) is 124 Å². The molecule has 6 N–H and O–H groups in total. The van der Waals surface area contributed by atoms with Crippen molar-refractivity contribution in [3.8, 4) is 0 Å². The molecule has 2 heterocycles. The number of nitrogens with zero attached hydrogens (tertiary/aromatic N) is 2. The van der Waals surface area contributed by atoms with Crippen LogP contribution in [0.15, 0.2) is 0 Å². The number of carbonyl (C=O) groups is 12. The third-order valence-corrected chi connectivity index (χ3v) is 16.8. The SMILES string of the molecule is CSCCNC(=O)CCC(=O)OCOC(=O)CCC(=O)NCCSC1CCC1SC.NCCSC1CCC1SCCN.O=C(CCC(=O)ON1C(=O)CCC1=O)OCOC(=O)CCC(=O)ON1C(=O)CCC1=O. The van der Waals surface area contributed by atoms with Gasteiger partial charge < -0.3 is 50.7 Å². The summed E-state index contributed by atoms with van der Waals surface area (Å²) in [5, 5.41) is 9.31. The smallest absolute Gasteiger partial charge is 0.333 e. The first kappa shape index (κ1) is 64.8. The van der Waals surface area contributed by atoms with E-state index in [1.165, 1.54) is 25.7 Å². The van der Waals surface area contributed by atoms with E-state index in [1.54, 1.807) is 11.8 Å². The van der Waals surface area contributed by atoms with Gasteiger partial charge in [-0.15, -0.1) is 10.1 Å². The maximum atomic E-state index is 11.8. The molecule has 0 spiro atoms. The van der Waals surface area contributed by atoms with Gasteiger partial charge in [0.15, 0.2) is 0 Å². The lowest BCUT2D eigenvalue weighted by molar-refractivity contribution is -0.198. The van der Waals surface area contributed by atoms with E-state index in [-0.39, 0.29) is 63.2 Å². The molecule has 29 heteroatoms. The summed E-state index contributed by atoms with van der Waals surface area (Å²) < 4.78 is 18.7. The van der Waals surface area contributed by atoms with Gasteiger partial charge in [0.25, 0.3) is 23.6 Å². The number of amides is 6. The first-order valence-electron chi connectivity index (χ1n) is 23.6. The number of carbonyl (C=O) groups excluding carboxylic acids is 12. The summed E-state index contributed by atoms with van der Waals surface area (Å²) in [4.78, 5) is 147. The Morgan fingerprint density at radius 2 is 0.781 bits per heavy atom. The molecule has 4 aliphatic rings. The lowest BCUT2D eigenvalue weighted by Gasteiger charge is -2.35. The normalized spacial score (nSPS) is 18.6. The summed E-state index contributed by atoms with van der Waals surface area (Å²) in [7, 11) is 0. The minimum atomic E-state index is -0.994. The molecule has 412 valence electrons. The largest absolute Gasteiger partial charge is 0.428 e. The summed E-state index contributed by atoms with van der Waals surface area (Å²) in [5.74, 6) is -4.21. The molecule has 4 atom stereocenters. The molecular formula is C44H68N6O18S5. The number of nitrogens with one attached hydrogen (secondary N) is 2. The van der Waals surface area contributed by atoms with Gasteiger partial charge in [-0.1, -0.05) is 0 Å². The van der Waals surface area contributed by atoms with Crippen LogP contribution in [0.2, 0.25) is 0 Å². The fraction of sp³-hybridized carbons (Fsp3) is 0.727. The second-order valence-electron chi connectivity index (χ2n) is 15.8. The van der Waals surface area contributed by atoms with Crippen LogP contribution in [0.3, 0.4) is 0 Å². The van der Waals surface area contributed by atoms with Crippen molar-refractivity contribution >= 4 is 130 Å². The standard InChI is InChI=1S/C19H32N2O6S3.C17H18N2O12.C8H18N2S2/c1-28-11-9-20-16(22)5-7-18(24)26-13-27-19(25)8-6-17(23)21-10-12-30-15-4-3-14(15)29-2;20-10-1-2-11(21)18(10)30-16(26)7-5-14(24)28-9-29-15(25)6-8-17(27)31-19-12(22)3-4-13(19)23;9-3-5-11-7-1-2-8(7)12-6-4-10/h14-15H,3-13H2,1-2H3,(H,20,22)(H,21,23);1-9H2;7-8H,1-6,9-10H2. The quantitative estimate of drug-likeness (QED) is 0.0321. The van der Waals surface area contributed by atoms with Crippen molar-refractivity contribution in [1.29, 1.82) is 0 Å². The lowest BCUT2D eigenvalue weighted by atomic mass is 9.99. The van der Waals surface area contributed by atoms with Gasteiger partial charge in [0.2, 0.25) is 25.4 Å². The van der Waals surface area contributed by atoms with E-state index >= 15 is 0 Å². The number of nitrogens with two attached hydrogens (primary N) is 2. The highest BCUT2D eigenvalue weighted by atomic mass is 32.2. The number of rotatable bonds is 32. The van der Waals surface area contributed by atoms with E-state index in [1.807, 2.05) is 53.3 Å². The number of esters is 4. The Morgan fingerprint density at radius 1 is 0.466 bits per heavy atom. The fourth-order valence-corrected chi connectivity index (χ4v) is 11.6. The van der Waals surface area contributed by atoms with Gasteiger partial charge in [0.1, 0.15) is 0 Å². The lowest BCUT2D eigenvalue weighted by Crippen LogP contribution is -2.33. The van der Waals surface area contributed by atoms with Crippen LogP contribution < -0.4 is 22.1 Å². The zero-order chi connectivity index (χ0) is 54.0. The van der Waals surface area contributed by atoms with Crippen LogP contribution in [0, 0.1) is 0 Å². The molecule has 0 bridgehead atoms. The monoisotopic (exact) mass is 1130 g/mol. The third kappa shape index (κ3) is 28.3. The number of imide groups is 2. The summed E-state index contributed by atoms with van der Waals surface area (Å²) in [6.45, 7) is 1.47. The predicted molar refractivity (Wildman–Crippen MR) is 272 cm³/mol. The van der Waals surface area contributed by atoms with Crippen LogP contribution in [0.1, 0.15) is 103 Å². The van der Waals surface area contributed by atoms with Gasteiger partial charge in [0.05, 0.1) is 38.5 Å². The first-order chi connectivity index (χ1) is 35.0. The molecule has 0 aromatic carbocycles. The highest BCUT2D eigenvalue weighted by molar-refractivity contribution is 8.04. The molecule has 2 saturated heterocycles. The average molecular weight is 1130 g/mol. The minimum Gasteiger partial charge on any atom is -0.428 e. The van der Waals surface area contributed by atoms with E-state index in [4.69, 9.17) is 20.9 Å². The molecule has 2 aliphatic carbocycles. The second-order valence-corrected chi connectivity index (χ2v) is 21.9. The van der Waals surface area contributed by atoms with Crippen LogP contribution >= 0.6 is 58.8 Å². The zero-order valence-corrected chi connectivity index (χ0v) is 45.2. The van der Waals surface area contributed by atoms with Crippen LogP contribution in [-0.4, -0.2) is 178 Å². The van der Waals surface area contributed by atoms with Gasteiger partial charge in [-0.05, 0) is 38.2 Å². The van der Waals surface area contributed by atoms with Crippen molar-refractivity contribution in [2.24, 2.45) is 11.5 Å². The molecule has 0 radical (unpaired) electrons. The summed E-state index contributed by atoms with van der Waals surface area (Å²) in [5.41, 5.74) is 10.9. The molecular weight excluding hydrogens is 1060 g/mol. The van der Waals surface area contributed by atoms with Crippen molar-refractivity contribution in [3.05, 3.63) is 0 Å². The minimum absolute atomic E-state index is 0.0261. The third-order valence-electron chi connectivity index (χ3n) is 10.3. The molecule has 0 aromatic rings. The number of hydroxylamine groups is 4. The Kier molecular flexibility index (Phi) is 34.0. The van der Waals surface area contributed by atoms with Gasteiger partial charge in [-0.25, -0.2) is 9.59 Å². The summed E-state index contributed by atoms with van der Waals surface area (Å²) in [6, 6.07) is 0.